The summed E-state index contributed by atoms with van der Waals surface area (Å²) in [6.07, 6.45) is 10.3. The summed E-state index contributed by atoms with van der Waals surface area (Å²) in [5.74, 6) is 0.398. The molecule has 2 unspecified atom stereocenters. The van der Waals surface area contributed by atoms with E-state index in [0.29, 0.717) is 6.04 Å². The molecule has 0 bridgehead atoms. The third-order valence-electron chi connectivity index (χ3n) is 5.32. The molecule has 2 aliphatic heterocycles. The fraction of sp³-hybridized carbons (Fsp3) is 0.875. The van der Waals surface area contributed by atoms with Crippen LogP contribution in [0.2, 0.25) is 0 Å². The van der Waals surface area contributed by atoms with Crippen LogP contribution in [0.15, 0.2) is 0 Å². The maximum atomic E-state index is 12.8. The Morgan fingerprint density at radius 2 is 1.50 bits per heavy atom. The van der Waals surface area contributed by atoms with Crippen LogP contribution in [0.3, 0.4) is 0 Å². The highest BCUT2D eigenvalue weighted by Crippen LogP contribution is 2.31. The lowest BCUT2D eigenvalue weighted by Crippen LogP contribution is -2.64. The second kappa shape index (κ2) is 5.74. The molecule has 112 valence electrons. The molecule has 2 saturated heterocycles. The number of nitrogens with zero attached hydrogens (tertiary/aromatic N) is 2. The number of hydrogen-bond acceptors (Lipinski definition) is 2. The molecule has 1 saturated carbocycles. The van der Waals surface area contributed by atoms with Gasteiger partial charge in [0.2, 0.25) is 11.8 Å². The Morgan fingerprint density at radius 1 is 0.850 bits per heavy atom. The van der Waals surface area contributed by atoms with Gasteiger partial charge in [-0.1, -0.05) is 32.1 Å². The molecule has 2 heterocycles. The summed E-state index contributed by atoms with van der Waals surface area (Å²) in [7, 11) is 0. The molecular weight excluding hydrogens is 252 g/mol. The van der Waals surface area contributed by atoms with Gasteiger partial charge in [0, 0.05) is 12.6 Å². The van der Waals surface area contributed by atoms with Crippen molar-refractivity contribution in [1.82, 2.24) is 9.80 Å². The van der Waals surface area contributed by atoms with E-state index >= 15 is 0 Å². The number of amides is 2. The minimum atomic E-state index is -0.249. The van der Waals surface area contributed by atoms with Crippen molar-refractivity contribution in [2.24, 2.45) is 0 Å². The van der Waals surface area contributed by atoms with Crippen molar-refractivity contribution in [2.75, 3.05) is 6.54 Å². The van der Waals surface area contributed by atoms with Crippen molar-refractivity contribution in [3.8, 4) is 0 Å². The predicted molar refractivity (Wildman–Crippen MR) is 77.2 cm³/mol. The predicted octanol–water partition coefficient (Wildman–Crippen LogP) is 2.32. The van der Waals surface area contributed by atoms with Crippen molar-refractivity contribution in [3.63, 3.8) is 0 Å². The van der Waals surface area contributed by atoms with Gasteiger partial charge < -0.3 is 9.80 Å². The van der Waals surface area contributed by atoms with E-state index < -0.39 is 0 Å². The number of carbonyl (C=O) groups is 2. The van der Waals surface area contributed by atoms with E-state index in [1.165, 1.54) is 32.1 Å². The third kappa shape index (κ3) is 2.33. The van der Waals surface area contributed by atoms with Crippen LogP contribution in [-0.4, -0.2) is 46.3 Å². The van der Waals surface area contributed by atoms with Crippen molar-refractivity contribution in [3.05, 3.63) is 0 Å². The largest absolute Gasteiger partial charge is 0.329 e. The lowest BCUT2D eigenvalue weighted by atomic mass is 9.92. The molecule has 0 N–H and O–H groups in total. The zero-order valence-corrected chi connectivity index (χ0v) is 12.5. The minimum Gasteiger partial charge on any atom is -0.329 e. The molecule has 0 aromatic rings. The van der Waals surface area contributed by atoms with Gasteiger partial charge >= 0.3 is 0 Å². The normalized spacial score (nSPS) is 33.0. The molecule has 1 aliphatic carbocycles. The quantitative estimate of drug-likeness (QED) is 0.738. The maximum Gasteiger partial charge on any atom is 0.246 e. The Labute approximate surface area is 121 Å². The van der Waals surface area contributed by atoms with E-state index in [-0.39, 0.29) is 23.9 Å². The average Bonchev–Trinajstić information content (AvgIpc) is 2.88. The highest BCUT2D eigenvalue weighted by Gasteiger charge is 2.47. The van der Waals surface area contributed by atoms with Crippen LogP contribution in [0.25, 0.3) is 0 Å². The molecule has 0 radical (unpaired) electrons. The molecule has 3 aliphatic rings. The smallest absolute Gasteiger partial charge is 0.246 e. The van der Waals surface area contributed by atoms with Gasteiger partial charge in [0.25, 0.3) is 0 Å². The van der Waals surface area contributed by atoms with Crippen LogP contribution in [0, 0.1) is 0 Å². The third-order valence-corrected chi connectivity index (χ3v) is 5.32. The van der Waals surface area contributed by atoms with Gasteiger partial charge in [-0.05, 0) is 32.6 Å². The van der Waals surface area contributed by atoms with Crippen LogP contribution in [0.4, 0.5) is 0 Å². The number of piperazine rings is 1. The van der Waals surface area contributed by atoms with E-state index in [9.17, 15) is 9.59 Å². The average molecular weight is 278 g/mol. The summed E-state index contributed by atoms with van der Waals surface area (Å²) in [5, 5.41) is 0. The molecule has 4 nitrogen and oxygen atoms in total. The summed E-state index contributed by atoms with van der Waals surface area (Å²) in [6.45, 7) is 2.70. The summed E-state index contributed by atoms with van der Waals surface area (Å²) in [4.78, 5) is 29.1. The first kappa shape index (κ1) is 13.9. The number of carbonyl (C=O) groups excluding carboxylic acids is 2. The zero-order valence-electron chi connectivity index (χ0n) is 12.5. The van der Waals surface area contributed by atoms with Crippen LogP contribution in [-0.2, 0) is 9.59 Å². The molecule has 2 amide bonds. The first-order valence-corrected chi connectivity index (χ1v) is 8.33. The molecule has 4 heteroatoms. The van der Waals surface area contributed by atoms with Gasteiger partial charge in [0.1, 0.15) is 12.1 Å². The van der Waals surface area contributed by atoms with Crippen LogP contribution < -0.4 is 0 Å². The second-order valence-corrected chi connectivity index (χ2v) is 6.61. The minimum absolute atomic E-state index is 0.149. The van der Waals surface area contributed by atoms with Gasteiger partial charge in [-0.15, -0.1) is 0 Å². The van der Waals surface area contributed by atoms with Crippen LogP contribution in [0.5, 0.6) is 0 Å². The molecular formula is C16H26N2O2. The van der Waals surface area contributed by atoms with E-state index in [4.69, 9.17) is 0 Å². The molecule has 3 rings (SSSR count). The van der Waals surface area contributed by atoms with E-state index in [2.05, 4.69) is 0 Å². The molecule has 0 spiro atoms. The Morgan fingerprint density at radius 3 is 2.20 bits per heavy atom. The Kier molecular flexibility index (Phi) is 3.99. The SMILES string of the molecule is CC1C(=O)N2CCCC2C(=O)N1C1CCCCCCC1. The highest BCUT2D eigenvalue weighted by atomic mass is 16.2. The first-order chi connectivity index (χ1) is 9.70. The van der Waals surface area contributed by atoms with Gasteiger partial charge in [-0.3, -0.25) is 9.59 Å². The lowest BCUT2D eigenvalue weighted by Gasteiger charge is -2.45. The topological polar surface area (TPSA) is 40.6 Å². The molecule has 2 atom stereocenters. The lowest BCUT2D eigenvalue weighted by molar-refractivity contribution is -0.161. The van der Waals surface area contributed by atoms with E-state index in [0.717, 1.165) is 32.2 Å². The van der Waals surface area contributed by atoms with Gasteiger partial charge in [0.05, 0.1) is 0 Å². The first-order valence-electron chi connectivity index (χ1n) is 8.33. The second-order valence-electron chi connectivity index (χ2n) is 6.61. The van der Waals surface area contributed by atoms with E-state index in [1.54, 1.807) is 0 Å². The Hall–Kier alpha value is -1.06. The van der Waals surface area contributed by atoms with Crippen molar-refractivity contribution in [1.29, 1.82) is 0 Å². The van der Waals surface area contributed by atoms with Crippen LogP contribution in [0.1, 0.15) is 64.7 Å². The number of hydrogen-bond donors (Lipinski definition) is 0. The maximum absolute atomic E-state index is 12.8. The highest BCUT2D eigenvalue weighted by molar-refractivity contribution is 5.97. The van der Waals surface area contributed by atoms with Crippen LogP contribution >= 0.6 is 0 Å². The Balaban J connectivity index is 1.79. The van der Waals surface area contributed by atoms with E-state index in [1.807, 2.05) is 16.7 Å². The fourth-order valence-electron chi connectivity index (χ4n) is 4.22. The fourth-order valence-corrected chi connectivity index (χ4v) is 4.22. The van der Waals surface area contributed by atoms with Crippen molar-refractivity contribution < 1.29 is 9.59 Å². The summed E-state index contributed by atoms with van der Waals surface area (Å²) in [5.41, 5.74) is 0. The summed E-state index contributed by atoms with van der Waals surface area (Å²) in [6, 6.07) is -0.102. The molecule has 20 heavy (non-hydrogen) atoms. The van der Waals surface area contributed by atoms with Crippen molar-refractivity contribution >= 4 is 11.8 Å². The summed E-state index contributed by atoms with van der Waals surface area (Å²) < 4.78 is 0. The Bertz CT molecular complexity index is 388. The molecule has 0 aromatic carbocycles. The number of rotatable bonds is 1. The van der Waals surface area contributed by atoms with Gasteiger partial charge in [0.15, 0.2) is 0 Å². The summed E-state index contributed by atoms with van der Waals surface area (Å²) >= 11 is 0. The van der Waals surface area contributed by atoms with Gasteiger partial charge in [-0.2, -0.15) is 0 Å². The standard InChI is InChI=1S/C16H26N2O2/c1-12-15(19)17-11-7-10-14(17)16(20)18(12)13-8-5-3-2-4-6-9-13/h12-14H,2-11H2,1H3. The zero-order chi connectivity index (χ0) is 14.1. The number of fused-ring (bicyclic) bond motifs is 1. The monoisotopic (exact) mass is 278 g/mol. The van der Waals surface area contributed by atoms with Gasteiger partial charge in [-0.25, -0.2) is 0 Å². The molecule has 0 aromatic heterocycles. The van der Waals surface area contributed by atoms with Crippen molar-refractivity contribution in [2.45, 2.75) is 82.8 Å². The molecule has 3 fully saturated rings.